The topological polar surface area (TPSA) is 15.3 Å². The molecule has 92 valence electrons. The van der Waals surface area contributed by atoms with Crippen molar-refractivity contribution < 1.29 is 0 Å². The molecule has 1 saturated heterocycles. The third-order valence-electron chi connectivity index (χ3n) is 4.62. The van der Waals surface area contributed by atoms with E-state index in [0.29, 0.717) is 0 Å². The Morgan fingerprint density at radius 2 is 1.69 bits per heavy atom. The van der Waals surface area contributed by atoms with E-state index in [4.69, 9.17) is 0 Å². The molecular formula is C14H26N2. The molecule has 1 unspecified atom stereocenters. The molecule has 2 aliphatic carbocycles. The van der Waals surface area contributed by atoms with Crippen molar-refractivity contribution in [1.29, 1.82) is 0 Å². The van der Waals surface area contributed by atoms with E-state index < -0.39 is 0 Å². The van der Waals surface area contributed by atoms with Crippen LogP contribution in [0.5, 0.6) is 0 Å². The van der Waals surface area contributed by atoms with Gasteiger partial charge in [0.25, 0.3) is 0 Å². The second-order valence-electron chi connectivity index (χ2n) is 6.24. The Morgan fingerprint density at radius 1 is 0.875 bits per heavy atom. The van der Waals surface area contributed by atoms with Crippen LogP contribution in [0, 0.1) is 11.8 Å². The van der Waals surface area contributed by atoms with Crippen molar-refractivity contribution in [3.8, 4) is 0 Å². The lowest BCUT2D eigenvalue weighted by Crippen LogP contribution is -2.37. The van der Waals surface area contributed by atoms with E-state index >= 15 is 0 Å². The van der Waals surface area contributed by atoms with Gasteiger partial charge < -0.3 is 0 Å². The van der Waals surface area contributed by atoms with E-state index in [1.165, 1.54) is 70.9 Å². The molecule has 0 aromatic heterocycles. The lowest BCUT2D eigenvalue weighted by atomic mass is 9.82. The van der Waals surface area contributed by atoms with Gasteiger partial charge in [-0.2, -0.15) is 0 Å². The Bertz CT molecular complexity index is 219. The predicted octanol–water partition coefficient (Wildman–Crippen LogP) is 2.95. The fourth-order valence-electron chi connectivity index (χ4n) is 3.51. The number of hydrogen-bond donors (Lipinski definition) is 1. The average Bonchev–Trinajstić information content (AvgIpc) is 3.01. The van der Waals surface area contributed by atoms with Gasteiger partial charge in [-0.05, 0) is 37.5 Å². The molecule has 3 rings (SSSR count). The second-order valence-corrected chi connectivity index (χ2v) is 6.24. The van der Waals surface area contributed by atoms with Gasteiger partial charge in [-0.3, -0.25) is 5.43 Å². The van der Waals surface area contributed by atoms with Gasteiger partial charge in [-0.15, -0.1) is 0 Å². The maximum absolute atomic E-state index is 3.65. The zero-order valence-electron chi connectivity index (χ0n) is 10.5. The van der Waals surface area contributed by atoms with Crippen LogP contribution in [-0.4, -0.2) is 24.1 Å². The van der Waals surface area contributed by atoms with Crippen LogP contribution in [0.1, 0.15) is 57.8 Å². The molecular weight excluding hydrogens is 196 g/mol. The number of nitrogens with zero attached hydrogens (tertiary/aromatic N) is 1. The first-order valence-corrected chi connectivity index (χ1v) is 7.41. The summed E-state index contributed by atoms with van der Waals surface area (Å²) in [6, 6.07) is 0.841. The van der Waals surface area contributed by atoms with E-state index in [2.05, 4.69) is 10.4 Å². The molecule has 2 nitrogen and oxygen atoms in total. The van der Waals surface area contributed by atoms with Crippen LogP contribution >= 0.6 is 0 Å². The van der Waals surface area contributed by atoms with E-state index in [0.717, 1.165) is 17.9 Å². The molecule has 16 heavy (non-hydrogen) atoms. The molecule has 1 N–H and O–H groups in total. The fraction of sp³-hybridized carbons (Fsp3) is 1.00. The summed E-state index contributed by atoms with van der Waals surface area (Å²) in [5.41, 5.74) is 3.65. The van der Waals surface area contributed by atoms with Gasteiger partial charge in [-0.1, -0.05) is 32.1 Å². The van der Waals surface area contributed by atoms with Gasteiger partial charge in [0.05, 0.1) is 0 Å². The summed E-state index contributed by atoms with van der Waals surface area (Å²) in [7, 11) is 0. The van der Waals surface area contributed by atoms with E-state index in [-0.39, 0.29) is 0 Å². The summed E-state index contributed by atoms with van der Waals surface area (Å²) in [6.45, 7) is 2.63. The van der Waals surface area contributed by atoms with Gasteiger partial charge in [-0.25, -0.2) is 5.01 Å². The summed E-state index contributed by atoms with van der Waals surface area (Å²) in [4.78, 5) is 0. The predicted molar refractivity (Wildman–Crippen MR) is 67.0 cm³/mol. The van der Waals surface area contributed by atoms with Crippen LogP contribution in [0.2, 0.25) is 0 Å². The third-order valence-corrected chi connectivity index (χ3v) is 4.62. The highest BCUT2D eigenvalue weighted by atomic mass is 15.5. The highest BCUT2D eigenvalue weighted by Crippen LogP contribution is 2.32. The molecule has 0 radical (unpaired) electrons. The average molecular weight is 222 g/mol. The summed E-state index contributed by atoms with van der Waals surface area (Å²) in [6.07, 6.45) is 13.3. The van der Waals surface area contributed by atoms with Crippen LogP contribution in [-0.2, 0) is 0 Å². The minimum atomic E-state index is 0.841. The lowest BCUT2D eigenvalue weighted by molar-refractivity contribution is 0.210. The Kier molecular flexibility index (Phi) is 3.49. The van der Waals surface area contributed by atoms with Crippen LogP contribution < -0.4 is 5.43 Å². The van der Waals surface area contributed by atoms with E-state index in [1.807, 2.05) is 0 Å². The Labute approximate surface area is 99.7 Å². The van der Waals surface area contributed by atoms with E-state index in [1.54, 1.807) is 0 Å². The first-order valence-electron chi connectivity index (χ1n) is 7.41. The SMILES string of the molecule is C1CCC(CC2CCN(NC3CC3)C2)CC1. The number of hydrazine groups is 1. The van der Waals surface area contributed by atoms with Crippen LogP contribution in [0.4, 0.5) is 0 Å². The minimum Gasteiger partial charge on any atom is -0.252 e. The molecule has 0 amide bonds. The molecule has 0 bridgehead atoms. The summed E-state index contributed by atoms with van der Waals surface area (Å²) < 4.78 is 0. The standard InChI is InChI=1S/C14H26N2/c1-2-4-12(5-3-1)10-13-8-9-16(11-13)15-14-6-7-14/h12-15H,1-11H2. The normalized spacial score (nSPS) is 33.4. The van der Waals surface area contributed by atoms with E-state index in [9.17, 15) is 0 Å². The molecule has 1 atom stereocenters. The van der Waals surface area contributed by atoms with Crippen molar-refractivity contribution in [3.05, 3.63) is 0 Å². The van der Waals surface area contributed by atoms with Crippen molar-refractivity contribution in [2.45, 2.75) is 63.8 Å². The molecule has 0 aromatic carbocycles. The van der Waals surface area contributed by atoms with Crippen LogP contribution in [0.25, 0.3) is 0 Å². The summed E-state index contributed by atoms with van der Waals surface area (Å²) in [5, 5.41) is 2.51. The fourth-order valence-corrected chi connectivity index (χ4v) is 3.51. The maximum atomic E-state index is 3.65. The zero-order valence-corrected chi connectivity index (χ0v) is 10.5. The lowest BCUT2D eigenvalue weighted by Gasteiger charge is -2.24. The van der Waals surface area contributed by atoms with Crippen molar-refractivity contribution in [3.63, 3.8) is 0 Å². The summed E-state index contributed by atoms with van der Waals surface area (Å²) in [5.74, 6) is 2.06. The highest BCUT2D eigenvalue weighted by molar-refractivity contribution is 4.83. The van der Waals surface area contributed by atoms with Gasteiger partial charge in [0.2, 0.25) is 0 Å². The van der Waals surface area contributed by atoms with Gasteiger partial charge in [0, 0.05) is 19.1 Å². The third kappa shape index (κ3) is 2.98. The van der Waals surface area contributed by atoms with Gasteiger partial charge >= 0.3 is 0 Å². The Hall–Kier alpha value is -0.0800. The zero-order chi connectivity index (χ0) is 10.8. The second kappa shape index (κ2) is 5.05. The van der Waals surface area contributed by atoms with Crippen LogP contribution in [0.3, 0.4) is 0 Å². The Balaban J connectivity index is 1.38. The number of hydrogen-bond acceptors (Lipinski definition) is 2. The van der Waals surface area contributed by atoms with Gasteiger partial charge in [0.1, 0.15) is 0 Å². The van der Waals surface area contributed by atoms with Crippen molar-refractivity contribution in [1.82, 2.24) is 10.4 Å². The largest absolute Gasteiger partial charge is 0.252 e. The van der Waals surface area contributed by atoms with Crippen molar-refractivity contribution in [2.24, 2.45) is 11.8 Å². The van der Waals surface area contributed by atoms with Gasteiger partial charge in [0.15, 0.2) is 0 Å². The molecule has 0 spiro atoms. The maximum Gasteiger partial charge on any atom is 0.0216 e. The monoisotopic (exact) mass is 222 g/mol. The Morgan fingerprint density at radius 3 is 2.44 bits per heavy atom. The summed E-state index contributed by atoms with van der Waals surface area (Å²) >= 11 is 0. The first-order chi connectivity index (χ1) is 7.90. The molecule has 3 fully saturated rings. The smallest absolute Gasteiger partial charge is 0.0216 e. The first kappa shape index (κ1) is 11.0. The molecule has 1 aliphatic heterocycles. The van der Waals surface area contributed by atoms with Crippen LogP contribution in [0.15, 0.2) is 0 Å². The molecule has 2 saturated carbocycles. The molecule has 0 aromatic rings. The number of nitrogens with one attached hydrogen (secondary N) is 1. The molecule has 1 heterocycles. The van der Waals surface area contributed by atoms with Crippen molar-refractivity contribution >= 4 is 0 Å². The number of rotatable bonds is 4. The van der Waals surface area contributed by atoms with Crippen molar-refractivity contribution in [2.75, 3.05) is 13.1 Å². The molecule has 3 aliphatic rings. The molecule has 2 heteroatoms. The highest BCUT2D eigenvalue weighted by Gasteiger charge is 2.30. The minimum absolute atomic E-state index is 0.841. The quantitative estimate of drug-likeness (QED) is 0.787.